The lowest BCUT2D eigenvalue weighted by Gasteiger charge is -2.31. The molecular formula is C28H30FN5O3. The molecule has 1 aromatic heterocycles. The van der Waals surface area contributed by atoms with Crippen molar-refractivity contribution in [2.24, 2.45) is 5.92 Å². The van der Waals surface area contributed by atoms with Crippen molar-refractivity contribution in [3.63, 3.8) is 0 Å². The van der Waals surface area contributed by atoms with Gasteiger partial charge in [-0.2, -0.15) is 0 Å². The van der Waals surface area contributed by atoms with Crippen LogP contribution in [0.5, 0.6) is 5.75 Å². The number of para-hydroxylation sites is 1. The molecule has 0 saturated heterocycles. The van der Waals surface area contributed by atoms with Gasteiger partial charge in [0.2, 0.25) is 11.8 Å². The fourth-order valence-electron chi connectivity index (χ4n) is 4.06. The van der Waals surface area contributed by atoms with Crippen molar-refractivity contribution < 1.29 is 18.7 Å². The van der Waals surface area contributed by atoms with Gasteiger partial charge in [0.1, 0.15) is 29.7 Å². The maximum absolute atomic E-state index is 13.9. The van der Waals surface area contributed by atoms with E-state index in [9.17, 15) is 14.0 Å². The maximum atomic E-state index is 13.9. The van der Waals surface area contributed by atoms with E-state index in [0.717, 1.165) is 6.42 Å². The van der Waals surface area contributed by atoms with Crippen molar-refractivity contribution in [2.75, 3.05) is 18.6 Å². The van der Waals surface area contributed by atoms with E-state index in [1.807, 2.05) is 24.3 Å². The zero-order valence-electron chi connectivity index (χ0n) is 21.1. The summed E-state index contributed by atoms with van der Waals surface area (Å²) in [6.07, 6.45) is 0.781. The van der Waals surface area contributed by atoms with E-state index in [1.54, 1.807) is 31.4 Å². The van der Waals surface area contributed by atoms with Crippen LogP contribution < -0.4 is 15.0 Å². The van der Waals surface area contributed by atoms with E-state index in [1.165, 1.54) is 33.8 Å². The third-order valence-corrected chi connectivity index (χ3v) is 6.04. The Bertz CT molecular complexity index is 1350. The van der Waals surface area contributed by atoms with Crippen molar-refractivity contribution >= 4 is 28.5 Å². The topological polar surface area (TPSA) is 89.3 Å². The molecule has 0 saturated carbocycles. The summed E-state index contributed by atoms with van der Waals surface area (Å²) >= 11 is 0. The summed E-state index contributed by atoms with van der Waals surface area (Å²) in [5.41, 5.74) is 2.33. The minimum absolute atomic E-state index is 0.149. The van der Waals surface area contributed by atoms with Crippen LogP contribution in [0.15, 0.2) is 72.8 Å². The number of hydrogen-bond acceptors (Lipinski definition) is 5. The second-order valence-corrected chi connectivity index (χ2v) is 9.13. The molecule has 1 heterocycles. The smallest absolute Gasteiger partial charge is 0.249 e. The predicted octanol–water partition coefficient (Wildman–Crippen LogP) is 4.52. The highest BCUT2D eigenvalue weighted by Crippen LogP contribution is 2.30. The molecule has 8 nitrogen and oxygen atoms in total. The summed E-state index contributed by atoms with van der Waals surface area (Å²) in [5, 5.41) is 11.2. The van der Waals surface area contributed by atoms with Gasteiger partial charge in [0.25, 0.3) is 0 Å². The van der Waals surface area contributed by atoms with Crippen molar-refractivity contribution in [3.8, 4) is 5.75 Å². The molecule has 1 unspecified atom stereocenters. The molecule has 9 heteroatoms. The number of carbonyl (C=O) groups excluding carboxylic acids is 2. The molecule has 0 fully saturated rings. The zero-order chi connectivity index (χ0) is 26.4. The Morgan fingerprint density at radius 3 is 2.41 bits per heavy atom. The molecule has 0 aliphatic heterocycles. The van der Waals surface area contributed by atoms with Gasteiger partial charge in [0.15, 0.2) is 0 Å². The first-order chi connectivity index (χ1) is 17.9. The molecule has 4 aromatic rings. The van der Waals surface area contributed by atoms with Crippen LogP contribution in [0, 0.1) is 11.7 Å². The average molecular weight is 504 g/mol. The highest BCUT2D eigenvalue weighted by molar-refractivity contribution is 6.01. The van der Waals surface area contributed by atoms with Crippen molar-refractivity contribution in [1.29, 1.82) is 0 Å². The number of rotatable bonds is 10. The van der Waals surface area contributed by atoms with Crippen LogP contribution >= 0.6 is 0 Å². The van der Waals surface area contributed by atoms with Crippen LogP contribution in [0.25, 0.3) is 11.0 Å². The normalized spacial score (nSPS) is 11.9. The Hall–Kier alpha value is -4.27. The first-order valence-corrected chi connectivity index (χ1v) is 12.1. The molecule has 3 aromatic carbocycles. The van der Waals surface area contributed by atoms with Crippen LogP contribution in [-0.2, 0) is 16.1 Å². The molecule has 37 heavy (non-hydrogen) atoms. The minimum Gasteiger partial charge on any atom is -0.497 e. The second-order valence-electron chi connectivity index (χ2n) is 9.13. The van der Waals surface area contributed by atoms with Crippen molar-refractivity contribution in [2.45, 2.75) is 32.9 Å². The third kappa shape index (κ3) is 6.11. The minimum atomic E-state index is -1.04. The van der Waals surface area contributed by atoms with Crippen molar-refractivity contribution in [3.05, 3.63) is 84.2 Å². The average Bonchev–Trinajstić information content (AvgIpc) is 3.30. The van der Waals surface area contributed by atoms with Gasteiger partial charge in [0, 0.05) is 12.2 Å². The van der Waals surface area contributed by atoms with E-state index >= 15 is 0 Å². The third-order valence-electron chi connectivity index (χ3n) is 6.04. The van der Waals surface area contributed by atoms with E-state index < -0.39 is 11.9 Å². The maximum Gasteiger partial charge on any atom is 0.249 e. The number of hydrogen-bond donors (Lipinski definition) is 1. The predicted molar refractivity (Wildman–Crippen MR) is 140 cm³/mol. The number of amides is 2. The molecule has 0 aliphatic rings. The van der Waals surface area contributed by atoms with E-state index in [2.05, 4.69) is 29.5 Å². The van der Waals surface area contributed by atoms with Gasteiger partial charge in [-0.1, -0.05) is 43.3 Å². The second kappa shape index (κ2) is 11.6. The molecular weight excluding hydrogens is 473 g/mol. The number of ether oxygens (including phenoxy) is 1. The Morgan fingerprint density at radius 1 is 1.03 bits per heavy atom. The molecule has 0 aliphatic carbocycles. The standard InChI is InChI=1S/C28H30FN5O3/c1-19(2)16-17-30-28(36)27(20-8-10-21(29)11-9-20)34(22-12-14-23(37-3)15-13-22)26(35)18-33-25-7-5-4-6-24(25)31-32-33/h4-15,19,27H,16-18H2,1-3H3,(H,30,36). The largest absolute Gasteiger partial charge is 0.497 e. The Morgan fingerprint density at radius 2 is 1.73 bits per heavy atom. The van der Waals surface area contributed by atoms with Gasteiger partial charge in [-0.05, 0) is 66.4 Å². The summed E-state index contributed by atoms with van der Waals surface area (Å²) in [7, 11) is 1.55. The van der Waals surface area contributed by atoms with Gasteiger partial charge in [-0.25, -0.2) is 9.07 Å². The number of fused-ring (bicyclic) bond motifs is 1. The fraction of sp³-hybridized carbons (Fsp3) is 0.286. The highest BCUT2D eigenvalue weighted by Gasteiger charge is 2.33. The van der Waals surface area contributed by atoms with E-state index in [4.69, 9.17) is 4.74 Å². The van der Waals surface area contributed by atoms with E-state index in [-0.39, 0.29) is 18.4 Å². The van der Waals surface area contributed by atoms with Crippen LogP contribution in [-0.4, -0.2) is 40.5 Å². The Balaban J connectivity index is 1.76. The lowest BCUT2D eigenvalue weighted by atomic mass is 10.0. The highest BCUT2D eigenvalue weighted by atomic mass is 19.1. The summed E-state index contributed by atoms with van der Waals surface area (Å²) in [5.74, 6) is -0.171. The summed E-state index contributed by atoms with van der Waals surface area (Å²) in [6, 6.07) is 18.8. The number of nitrogens with one attached hydrogen (secondary N) is 1. The molecule has 2 amide bonds. The number of methoxy groups -OCH3 is 1. The number of carbonyl (C=O) groups is 2. The summed E-state index contributed by atoms with van der Waals surface area (Å²) < 4.78 is 20.6. The number of aromatic nitrogens is 3. The molecule has 1 N–H and O–H groups in total. The molecule has 0 spiro atoms. The first kappa shape index (κ1) is 25.8. The number of halogens is 1. The Kier molecular flexibility index (Phi) is 8.12. The summed E-state index contributed by atoms with van der Waals surface area (Å²) in [4.78, 5) is 29.0. The van der Waals surface area contributed by atoms with Gasteiger partial charge in [0.05, 0.1) is 12.6 Å². The van der Waals surface area contributed by atoms with Gasteiger partial charge >= 0.3 is 0 Å². The number of benzene rings is 3. The molecule has 0 bridgehead atoms. The van der Waals surface area contributed by atoms with Crippen LogP contribution in [0.2, 0.25) is 0 Å². The lowest BCUT2D eigenvalue weighted by Crippen LogP contribution is -2.45. The SMILES string of the molecule is COc1ccc(N(C(=O)Cn2nnc3ccccc32)C(C(=O)NCCC(C)C)c2ccc(F)cc2)cc1. The first-order valence-electron chi connectivity index (χ1n) is 12.1. The fourth-order valence-corrected chi connectivity index (χ4v) is 4.06. The van der Waals surface area contributed by atoms with Gasteiger partial charge < -0.3 is 10.1 Å². The summed E-state index contributed by atoms with van der Waals surface area (Å²) in [6.45, 7) is 4.44. The molecule has 192 valence electrons. The quantitative estimate of drug-likeness (QED) is 0.344. The number of nitrogens with zero attached hydrogens (tertiary/aromatic N) is 4. The zero-order valence-corrected chi connectivity index (χ0v) is 21.1. The van der Waals surface area contributed by atoms with Crippen LogP contribution in [0.4, 0.5) is 10.1 Å². The van der Waals surface area contributed by atoms with Crippen LogP contribution in [0.3, 0.4) is 0 Å². The van der Waals surface area contributed by atoms with Crippen molar-refractivity contribution in [1.82, 2.24) is 20.3 Å². The Labute approximate surface area is 215 Å². The van der Waals surface area contributed by atoms with Gasteiger partial charge in [-0.15, -0.1) is 5.10 Å². The lowest BCUT2D eigenvalue weighted by molar-refractivity contribution is -0.127. The van der Waals surface area contributed by atoms with Gasteiger partial charge in [-0.3, -0.25) is 14.5 Å². The molecule has 1 atom stereocenters. The van der Waals surface area contributed by atoms with Crippen LogP contribution in [0.1, 0.15) is 31.9 Å². The number of anilines is 1. The van der Waals surface area contributed by atoms with E-state index in [0.29, 0.717) is 40.5 Å². The molecule has 0 radical (unpaired) electrons. The molecule has 4 rings (SSSR count). The monoisotopic (exact) mass is 503 g/mol.